The second-order valence-electron chi connectivity index (χ2n) is 3.98. The van der Waals surface area contributed by atoms with Crippen LogP contribution in [0.15, 0.2) is 16.9 Å². The quantitative estimate of drug-likeness (QED) is 0.942. The molecule has 0 spiro atoms. The van der Waals surface area contributed by atoms with E-state index in [-0.39, 0.29) is 11.9 Å². The molecule has 0 aliphatic heterocycles. The van der Waals surface area contributed by atoms with Crippen LogP contribution in [0.4, 0.5) is 5.13 Å². The number of carbonyl (C=O) groups is 1. The lowest BCUT2D eigenvalue weighted by Crippen LogP contribution is -2.24. The Morgan fingerprint density at radius 3 is 2.78 bits per heavy atom. The molecule has 18 heavy (non-hydrogen) atoms. The van der Waals surface area contributed by atoms with Crippen molar-refractivity contribution in [3.8, 4) is 0 Å². The van der Waals surface area contributed by atoms with Crippen molar-refractivity contribution in [3.63, 3.8) is 0 Å². The molecule has 7 heteroatoms. The number of anilines is 1. The average molecular weight is 329 g/mol. The normalized spacial score (nSPS) is 12.4. The van der Waals surface area contributed by atoms with Gasteiger partial charge in [-0.05, 0) is 36.7 Å². The van der Waals surface area contributed by atoms with Gasteiger partial charge in [0, 0.05) is 17.3 Å². The Bertz CT molecular complexity index is 558. The summed E-state index contributed by atoms with van der Waals surface area (Å²) in [7, 11) is 0. The molecule has 2 aromatic rings. The molecule has 0 fully saturated rings. The van der Waals surface area contributed by atoms with Gasteiger partial charge in [0.2, 0.25) is 0 Å². The minimum absolute atomic E-state index is 0.126. The number of aryl methyl sites for hydroxylation is 2. The van der Waals surface area contributed by atoms with E-state index in [1.54, 1.807) is 24.0 Å². The average Bonchev–Trinajstić information content (AvgIpc) is 2.85. The first kappa shape index (κ1) is 13.2. The molecule has 0 aliphatic carbocycles. The van der Waals surface area contributed by atoms with Crippen molar-refractivity contribution < 1.29 is 4.79 Å². The monoisotopic (exact) mass is 328 g/mol. The minimum atomic E-state index is -0.376. The molecule has 1 amide bonds. The summed E-state index contributed by atoms with van der Waals surface area (Å²) in [6, 6.07) is -0.376. The number of carbonyl (C=O) groups excluding carboxylic acids is 1. The zero-order chi connectivity index (χ0) is 13.3. The molecular weight excluding hydrogens is 316 g/mol. The molecule has 0 saturated heterocycles. The molecule has 0 radical (unpaired) electrons. The molecule has 0 aliphatic rings. The van der Waals surface area contributed by atoms with Crippen molar-refractivity contribution in [1.82, 2.24) is 14.8 Å². The van der Waals surface area contributed by atoms with Gasteiger partial charge in [-0.1, -0.05) is 0 Å². The Kier molecular flexibility index (Phi) is 3.82. The first-order chi connectivity index (χ1) is 8.47. The number of hydrogen-bond acceptors (Lipinski definition) is 4. The zero-order valence-corrected chi connectivity index (χ0v) is 12.7. The van der Waals surface area contributed by atoms with Gasteiger partial charge in [0.1, 0.15) is 6.04 Å². The van der Waals surface area contributed by atoms with Gasteiger partial charge in [-0.2, -0.15) is 5.10 Å². The molecule has 96 valence electrons. The summed E-state index contributed by atoms with van der Waals surface area (Å²) in [6.45, 7) is 5.63. The van der Waals surface area contributed by atoms with Gasteiger partial charge in [0.25, 0.3) is 5.91 Å². The number of aromatic nitrogens is 3. The molecule has 1 atom stereocenters. The van der Waals surface area contributed by atoms with Crippen LogP contribution in [0.25, 0.3) is 0 Å². The molecule has 2 aromatic heterocycles. The molecule has 1 N–H and O–H groups in total. The largest absolute Gasteiger partial charge is 0.300 e. The SMILES string of the molecule is Cc1cnc(NC(=O)C(C)n2cc(Br)c(C)n2)s1. The van der Waals surface area contributed by atoms with Crippen LogP contribution in [0.5, 0.6) is 0 Å². The second-order valence-corrected chi connectivity index (χ2v) is 6.07. The number of halogens is 1. The van der Waals surface area contributed by atoms with E-state index in [4.69, 9.17) is 0 Å². The van der Waals surface area contributed by atoms with E-state index < -0.39 is 0 Å². The summed E-state index contributed by atoms with van der Waals surface area (Å²) in [5, 5.41) is 7.67. The van der Waals surface area contributed by atoms with Crippen molar-refractivity contribution in [2.45, 2.75) is 26.8 Å². The Balaban J connectivity index is 2.09. The van der Waals surface area contributed by atoms with E-state index in [0.717, 1.165) is 15.0 Å². The van der Waals surface area contributed by atoms with E-state index in [9.17, 15) is 4.79 Å². The maximum atomic E-state index is 12.0. The highest BCUT2D eigenvalue weighted by atomic mass is 79.9. The maximum absolute atomic E-state index is 12.0. The molecule has 0 aromatic carbocycles. The summed E-state index contributed by atoms with van der Waals surface area (Å²) in [5.41, 5.74) is 0.861. The molecule has 5 nitrogen and oxygen atoms in total. The van der Waals surface area contributed by atoms with E-state index in [1.807, 2.05) is 13.8 Å². The van der Waals surface area contributed by atoms with Gasteiger partial charge in [0.05, 0.1) is 10.2 Å². The summed E-state index contributed by atoms with van der Waals surface area (Å²) in [4.78, 5) is 17.2. The minimum Gasteiger partial charge on any atom is -0.300 e. The van der Waals surface area contributed by atoms with E-state index >= 15 is 0 Å². The zero-order valence-electron chi connectivity index (χ0n) is 10.3. The number of rotatable bonds is 3. The highest BCUT2D eigenvalue weighted by molar-refractivity contribution is 9.10. The Labute approximate surface area is 117 Å². The standard InChI is InChI=1S/C11H13BrN4OS/c1-6-4-13-11(18-6)14-10(17)8(3)16-5-9(12)7(2)15-16/h4-5,8H,1-3H3,(H,13,14,17). The highest BCUT2D eigenvalue weighted by Gasteiger charge is 2.18. The van der Waals surface area contributed by atoms with E-state index in [0.29, 0.717) is 5.13 Å². The fraction of sp³-hybridized carbons (Fsp3) is 0.364. The molecule has 1 unspecified atom stereocenters. The van der Waals surface area contributed by atoms with Crippen LogP contribution in [0.2, 0.25) is 0 Å². The number of thiazole rings is 1. The topological polar surface area (TPSA) is 59.8 Å². The van der Waals surface area contributed by atoms with Crippen molar-refractivity contribution in [2.75, 3.05) is 5.32 Å². The smallest absolute Gasteiger partial charge is 0.250 e. The first-order valence-corrected chi connectivity index (χ1v) is 7.03. The van der Waals surface area contributed by atoms with Gasteiger partial charge in [-0.3, -0.25) is 9.48 Å². The van der Waals surface area contributed by atoms with Gasteiger partial charge in [-0.25, -0.2) is 4.98 Å². The third-order valence-corrected chi connectivity index (χ3v) is 4.09. The van der Waals surface area contributed by atoms with Crippen LogP contribution in [-0.4, -0.2) is 20.7 Å². The Morgan fingerprint density at radius 1 is 1.56 bits per heavy atom. The Hall–Kier alpha value is -1.21. The fourth-order valence-corrected chi connectivity index (χ4v) is 2.36. The van der Waals surface area contributed by atoms with Crippen LogP contribution in [-0.2, 0) is 4.79 Å². The lowest BCUT2D eigenvalue weighted by atomic mass is 10.3. The molecular formula is C11H13BrN4OS. The van der Waals surface area contributed by atoms with E-state index in [1.165, 1.54) is 11.3 Å². The predicted octanol–water partition coefficient (Wildman–Crippen LogP) is 2.92. The number of nitrogens with zero attached hydrogens (tertiary/aromatic N) is 3. The summed E-state index contributed by atoms with van der Waals surface area (Å²) >= 11 is 4.83. The summed E-state index contributed by atoms with van der Waals surface area (Å²) in [5.74, 6) is -0.126. The lowest BCUT2D eigenvalue weighted by Gasteiger charge is -2.10. The van der Waals surface area contributed by atoms with Gasteiger partial charge in [0.15, 0.2) is 5.13 Å². The van der Waals surface area contributed by atoms with Gasteiger partial charge in [-0.15, -0.1) is 11.3 Å². The Morgan fingerprint density at radius 2 is 2.28 bits per heavy atom. The number of nitrogens with one attached hydrogen (secondary N) is 1. The first-order valence-electron chi connectivity index (χ1n) is 5.42. The molecule has 0 saturated carbocycles. The molecule has 0 bridgehead atoms. The number of hydrogen-bond donors (Lipinski definition) is 1. The maximum Gasteiger partial charge on any atom is 0.250 e. The van der Waals surface area contributed by atoms with Crippen molar-refractivity contribution >= 4 is 38.3 Å². The van der Waals surface area contributed by atoms with Crippen LogP contribution in [0, 0.1) is 13.8 Å². The highest BCUT2D eigenvalue weighted by Crippen LogP contribution is 2.20. The van der Waals surface area contributed by atoms with Crippen molar-refractivity contribution in [3.05, 3.63) is 27.4 Å². The third-order valence-electron chi connectivity index (χ3n) is 2.48. The molecule has 2 rings (SSSR count). The fourth-order valence-electron chi connectivity index (χ4n) is 1.40. The lowest BCUT2D eigenvalue weighted by molar-refractivity contribution is -0.119. The van der Waals surface area contributed by atoms with Crippen LogP contribution < -0.4 is 5.32 Å². The number of amides is 1. The third kappa shape index (κ3) is 2.78. The van der Waals surface area contributed by atoms with E-state index in [2.05, 4.69) is 31.3 Å². The van der Waals surface area contributed by atoms with Crippen LogP contribution >= 0.6 is 27.3 Å². The summed E-state index contributed by atoms with van der Waals surface area (Å²) < 4.78 is 2.53. The molecule has 2 heterocycles. The van der Waals surface area contributed by atoms with Gasteiger partial charge < -0.3 is 5.32 Å². The second kappa shape index (κ2) is 5.19. The van der Waals surface area contributed by atoms with Crippen molar-refractivity contribution in [1.29, 1.82) is 0 Å². The summed E-state index contributed by atoms with van der Waals surface area (Å²) in [6.07, 6.45) is 3.53. The van der Waals surface area contributed by atoms with Crippen LogP contribution in [0.1, 0.15) is 23.5 Å². The van der Waals surface area contributed by atoms with Gasteiger partial charge >= 0.3 is 0 Å². The van der Waals surface area contributed by atoms with Crippen molar-refractivity contribution in [2.24, 2.45) is 0 Å². The van der Waals surface area contributed by atoms with Crippen LogP contribution in [0.3, 0.4) is 0 Å². The predicted molar refractivity (Wildman–Crippen MR) is 74.9 cm³/mol.